The van der Waals surface area contributed by atoms with Crippen LogP contribution in [0.1, 0.15) is 31.4 Å². The van der Waals surface area contributed by atoms with Gasteiger partial charge < -0.3 is 0 Å². The monoisotopic (exact) mass is 295 g/mol. The molecule has 4 heteroatoms. The highest BCUT2D eigenvalue weighted by molar-refractivity contribution is 7.99. The van der Waals surface area contributed by atoms with Crippen LogP contribution in [0, 0.1) is 18.3 Å². The Morgan fingerprint density at radius 2 is 2.14 bits per heavy atom. The van der Waals surface area contributed by atoms with Crippen LogP contribution in [0.2, 0.25) is 0 Å². The summed E-state index contributed by atoms with van der Waals surface area (Å²) in [5, 5.41) is 11.1. The number of thioether (sulfide) groups is 1. The molecule has 3 nitrogen and oxygen atoms in total. The molecule has 2 aromatic heterocycles. The number of hydrogen-bond acceptors (Lipinski definition) is 3. The SMILES string of the molecule is CC[C@@H](C)Sc1cc(C)c(C#N)c2nc3ccccc3n12. The van der Waals surface area contributed by atoms with Crippen LogP contribution in [0.4, 0.5) is 0 Å². The largest absolute Gasteiger partial charge is 0.286 e. The van der Waals surface area contributed by atoms with Gasteiger partial charge in [0.2, 0.25) is 0 Å². The number of para-hydroxylation sites is 2. The van der Waals surface area contributed by atoms with Crippen molar-refractivity contribution in [2.45, 2.75) is 37.5 Å². The van der Waals surface area contributed by atoms with Gasteiger partial charge in [0.15, 0.2) is 5.65 Å². The van der Waals surface area contributed by atoms with Crippen LogP contribution in [0.3, 0.4) is 0 Å². The minimum atomic E-state index is 0.529. The zero-order valence-corrected chi connectivity index (χ0v) is 13.2. The van der Waals surface area contributed by atoms with Crippen LogP contribution < -0.4 is 0 Å². The van der Waals surface area contributed by atoms with Crippen molar-refractivity contribution in [2.75, 3.05) is 0 Å². The van der Waals surface area contributed by atoms with Gasteiger partial charge in [0, 0.05) is 5.25 Å². The normalized spacial score (nSPS) is 12.7. The lowest BCUT2D eigenvalue weighted by molar-refractivity contribution is 0.897. The number of nitriles is 1. The Balaban J connectivity index is 2.39. The summed E-state index contributed by atoms with van der Waals surface area (Å²) in [6.45, 7) is 6.40. The second-order valence-corrected chi connectivity index (χ2v) is 6.71. The number of pyridine rings is 1. The summed E-state index contributed by atoms with van der Waals surface area (Å²) in [5.41, 5.74) is 4.43. The highest BCUT2D eigenvalue weighted by atomic mass is 32.2. The third kappa shape index (κ3) is 2.28. The minimum Gasteiger partial charge on any atom is -0.286 e. The first-order valence-corrected chi connectivity index (χ1v) is 8.01. The van der Waals surface area contributed by atoms with Gasteiger partial charge in [-0.1, -0.05) is 26.0 Å². The molecule has 0 unspecified atom stereocenters. The molecule has 0 bridgehead atoms. The van der Waals surface area contributed by atoms with Gasteiger partial charge in [0.05, 0.1) is 21.6 Å². The number of aromatic nitrogens is 2. The molecule has 0 saturated heterocycles. The Labute approximate surface area is 128 Å². The lowest BCUT2D eigenvalue weighted by Crippen LogP contribution is -2.00. The quantitative estimate of drug-likeness (QED) is 0.665. The molecule has 3 aromatic rings. The third-order valence-corrected chi connectivity index (χ3v) is 5.03. The molecule has 21 heavy (non-hydrogen) atoms. The van der Waals surface area contributed by atoms with E-state index in [1.165, 1.54) is 0 Å². The molecular formula is C17H17N3S. The fourth-order valence-electron chi connectivity index (χ4n) is 2.43. The molecule has 0 amide bonds. The summed E-state index contributed by atoms with van der Waals surface area (Å²) in [4.78, 5) is 4.67. The molecule has 0 N–H and O–H groups in total. The van der Waals surface area contributed by atoms with E-state index in [1.807, 2.05) is 36.9 Å². The van der Waals surface area contributed by atoms with E-state index in [9.17, 15) is 5.26 Å². The van der Waals surface area contributed by atoms with Gasteiger partial charge in [-0.2, -0.15) is 5.26 Å². The molecular weight excluding hydrogens is 278 g/mol. The van der Waals surface area contributed by atoms with Crippen LogP contribution >= 0.6 is 11.8 Å². The predicted octanol–water partition coefficient (Wildman–Crippen LogP) is 4.56. The average molecular weight is 295 g/mol. The summed E-state index contributed by atoms with van der Waals surface area (Å²) in [5.74, 6) is 0. The first kappa shape index (κ1) is 14.0. The van der Waals surface area contributed by atoms with Gasteiger partial charge in [0.1, 0.15) is 6.07 Å². The second-order valence-electron chi connectivity index (χ2n) is 5.25. The number of imidazole rings is 1. The lowest BCUT2D eigenvalue weighted by atomic mass is 10.2. The number of benzene rings is 1. The smallest absolute Gasteiger partial charge is 0.157 e. The van der Waals surface area contributed by atoms with E-state index >= 15 is 0 Å². The first-order valence-electron chi connectivity index (χ1n) is 7.13. The van der Waals surface area contributed by atoms with Crippen LogP contribution in [0.5, 0.6) is 0 Å². The molecule has 0 saturated carbocycles. The maximum Gasteiger partial charge on any atom is 0.157 e. The molecule has 0 aliphatic heterocycles. The molecule has 0 aliphatic carbocycles. The molecule has 0 spiro atoms. The van der Waals surface area contributed by atoms with Crippen LogP contribution in [-0.4, -0.2) is 14.6 Å². The van der Waals surface area contributed by atoms with E-state index in [0.717, 1.165) is 33.7 Å². The maximum absolute atomic E-state index is 9.45. The molecule has 1 atom stereocenters. The lowest BCUT2D eigenvalue weighted by Gasteiger charge is -2.13. The molecule has 0 radical (unpaired) electrons. The number of nitrogens with zero attached hydrogens (tertiary/aromatic N) is 3. The molecule has 3 rings (SSSR count). The van der Waals surface area contributed by atoms with Crippen LogP contribution in [0.25, 0.3) is 16.7 Å². The van der Waals surface area contributed by atoms with Gasteiger partial charge in [-0.25, -0.2) is 4.98 Å². The van der Waals surface area contributed by atoms with Crippen molar-refractivity contribution in [2.24, 2.45) is 0 Å². The number of hydrogen-bond donors (Lipinski definition) is 0. The summed E-state index contributed by atoms with van der Waals surface area (Å²) in [7, 11) is 0. The van der Waals surface area contributed by atoms with Crippen molar-refractivity contribution >= 4 is 28.4 Å². The van der Waals surface area contributed by atoms with Gasteiger partial charge in [-0.05, 0) is 37.1 Å². The minimum absolute atomic E-state index is 0.529. The van der Waals surface area contributed by atoms with E-state index in [0.29, 0.717) is 10.8 Å². The van der Waals surface area contributed by atoms with Gasteiger partial charge in [0.25, 0.3) is 0 Å². The maximum atomic E-state index is 9.45. The summed E-state index contributed by atoms with van der Waals surface area (Å²) in [6, 6.07) is 12.5. The first-order chi connectivity index (χ1) is 10.2. The van der Waals surface area contributed by atoms with E-state index in [-0.39, 0.29) is 0 Å². The summed E-state index contributed by atoms with van der Waals surface area (Å²) in [6.07, 6.45) is 1.11. The fraction of sp³-hybridized carbons (Fsp3) is 0.294. The van der Waals surface area contributed by atoms with Gasteiger partial charge >= 0.3 is 0 Å². The van der Waals surface area contributed by atoms with E-state index in [2.05, 4.69) is 41.4 Å². The Morgan fingerprint density at radius 3 is 2.86 bits per heavy atom. The van der Waals surface area contributed by atoms with Crippen molar-refractivity contribution in [3.8, 4) is 6.07 Å². The number of fused-ring (bicyclic) bond motifs is 3. The van der Waals surface area contributed by atoms with Crippen LogP contribution in [-0.2, 0) is 0 Å². The zero-order chi connectivity index (χ0) is 15.0. The van der Waals surface area contributed by atoms with Crippen molar-refractivity contribution in [3.63, 3.8) is 0 Å². The molecule has 0 fully saturated rings. The Morgan fingerprint density at radius 1 is 1.38 bits per heavy atom. The molecule has 0 aliphatic rings. The van der Waals surface area contributed by atoms with Crippen molar-refractivity contribution < 1.29 is 0 Å². The van der Waals surface area contributed by atoms with Crippen LogP contribution in [0.15, 0.2) is 35.4 Å². The Hall–Kier alpha value is -1.99. The Bertz CT molecular complexity index is 858. The average Bonchev–Trinajstić information content (AvgIpc) is 2.86. The molecule has 2 heterocycles. The van der Waals surface area contributed by atoms with Crippen molar-refractivity contribution in [1.82, 2.24) is 9.38 Å². The second kappa shape index (κ2) is 5.42. The standard InChI is InChI=1S/C17H17N3S/c1-4-12(3)21-16-9-11(2)13(10-18)17-19-14-7-5-6-8-15(14)20(16)17/h5-9,12H,4H2,1-3H3/t12-/m1/s1. The molecule has 1 aromatic carbocycles. The topological polar surface area (TPSA) is 41.1 Å². The highest BCUT2D eigenvalue weighted by Gasteiger charge is 2.16. The van der Waals surface area contributed by atoms with Gasteiger partial charge in [-0.3, -0.25) is 4.40 Å². The molecule has 106 valence electrons. The summed E-state index contributed by atoms with van der Waals surface area (Å²) >= 11 is 1.84. The third-order valence-electron chi connectivity index (χ3n) is 3.75. The van der Waals surface area contributed by atoms with Crippen molar-refractivity contribution in [3.05, 3.63) is 41.5 Å². The highest BCUT2D eigenvalue weighted by Crippen LogP contribution is 2.32. The predicted molar refractivity (Wildman–Crippen MR) is 87.8 cm³/mol. The Kier molecular flexibility index (Phi) is 3.60. The number of aryl methyl sites for hydroxylation is 1. The van der Waals surface area contributed by atoms with Crippen molar-refractivity contribution in [1.29, 1.82) is 5.26 Å². The fourth-order valence-corrected chi connectivity index (χ4v) is 3.54. The van der Waals surface area contributed by atoms with Gasteiger partial charge in [-0.15, -0.1) is 11.8 Å². The van der Waals surface area contributed by atoms with E-state index in [1.54, 1.807) is 0 Å². The number of rotatable bonds is 3. The van der Waals surface area contributed by atoms with E-state index in [4.69, 9.17) is 0 Å². The summed E-state index contributed by atoms with van der Waals surface area (Å²) < 4.78 is 2.12. The zero-order valence-electron chi connectivity index (χ0n) is 12.4. The van der Waals surface area contributed by atoms with E-state index < -0.39 is 0 Å².